The van der Waals surface area contributed by atoms with Crippen LogP contribution in [0.4, 0.5) is 10.1 Å². The van der Waals surface area contributed by atoms with E-state index in [2.05, 4.69) is 10.3 Å². The third-order valence-electron chi connectivity index (χ3n) is 3.13. The third-order valence-corrected chi connectivity index (χ3v) is 4.19. The van der Waals surface area contributed by atoms with Crippen LogP contribution >= 0.6 is 11.3 Å². The standard InChI is InChI=1S/C16H15FN2OS/c1-18-12-4-2-11(3-5-12)16-19-14-7-6-13(20-9-8-17)10-15(14)21-16/h2-7,10,18H,8-9H2,1H3/i17-1. The number of hydrogen-bond donors (Lipinski definition) is 1. The number of hydrogen-bond acceptors (Lipinski definition) is 4. The Balaban J connectivity index is 1.92. The molecular formula is C16H15FN2OS. The summed E-state index contributed by atoms with van der Waals surface area (Å²) >= 11 is 1.61. The molecule has 0 bridgehead atoms. The van der Waals surface area contributed by atoms with Gasteiger partial charge in [-0.15, -0.1) is 11.3 Å². The highest BCUT2D eigenvalue weighted by atomic mass is 32.1. The fourth-order valence-electron chi connectivity index (χ4n) is 2.05. The third kappa shape index (κ3) is 2.97. The smallest absolute Gasteiger partial charge is 0.124 e. The molecule has 5 heteroatoms. The van der Waals surface area contributed by atoms with Crippen molar-refractivity contribution in [2.24, 2.45) is 0 Å². The van der Waals surface area contributed by atoms with E-state index in [1.165, 1.54) is 0 Å². The van der Waals surface area contributed by atoms with Crippen molar-refractivity contribution in [2.75, 3.05) is 25.6 Å². The predicted molar refractivity (Wildman–Crippen MR) is 86.1 cm³/mol. The monoisotopic (exact) mass is 301 g/mol. The van der Waals surface area contributed by atoms with Gasteiger partial charge < -0.3 is 10.1 Å². The fraction of sp³-hybridized carbons (Fsp3) is 0.188. The molecule has 1 N–H and O–H groups in total. The Morgan fingerprint density at radius 2 is 2.00 bits per heavy atom. The van der Waals surface area contributed by atoms with Gasteiger partial charge in [0.1, 0.15) is 24.0 Å². The summed E-state index contributed by atoms with van der Waals surface area (Å²) in [5, 5.41) is 4.06. The second kappa shape index (κ2) is 6.10. The van der Waals surface area contributed by atoms with E-state index in [1.807, 2.05) is 49.5 Å². The summed E-state index contributed by atoms with van der Waals surface area (Å²) in [4.78, 5) is 4.63. The molecule has 0 spiro atoms. The van der Waals surface area contributed by atoms with Crippen LogP contribution in [0.5, 0.6) is 5.75 Å². The topological polar surface area (TPSA) is 34.2 Å². The van der Waals surface area contributed by atoms with E-state index in [4.69, 9.17) is 4.74 Å². The van der Waals surface area contributed by atoms with Crippen LogP contribution in [0, 0.1) is 0 Å². The molecule has 0 unspecified atom stereocenters. The molecule has 0 radical (unpaired) electrons. The molecule has 3 rings (SSSR count). The quantitative estimate of drug-likeness (QED) is 0.760. The zero-order valence-electron chi connectivity index (χ0n) is 11.6. The Morgan fingerprint density at radius 1 is 1.19 bits per heavy atom. The molecule has 0 atom stereocenters. The molecule has 1 heterocycles. The molecule has 2 aromatic carbocycles. The average Bonchev–Trinajstić information content (AvgIpc) is 2.96. The highest BCUT2D eigenvalue weighted by Gasteiger charge is 2.07. The van der Waals surface area contributed by atoms with Gasteiger partial charge in [0, 0.05) is 18.3 Å². The lowest BCUT2D eigenvalue weighted by molar-refractivity contribution is 0.273. The summed E-state index contributed by atoms with van der Waals surface area (Å²) in [5.41, 5.74) is 3.09. The zero-order valence-corrected chi connectivity index (χ0v) is 12.4. The maximum Gasteiger partial charge on any atom is 0.124 e. The van der Waals surface area contributed by atoms with Crippen LogP contribution in [0.2, 0.25) is 0 Å². The van der Waals surface area contributed by atoms with Crippen molar-refractivity contribution >= 4 is 27.2 Å². The lowest BCUT2D eigenvalue weighted by Crippen LogP contribution is -1.97. The van der Waals surface area contributed by atoms with Crippen LogP contribution in [-0.4, -0.2) is 25.3 Å². The maximum absolute atomic E-state index is 12.1. The average molecular weight is 301 g/mol. The number of halogens is 1. The number of fused-ring (bicyclic) bond motifs is 1. The molecule has 0 saturated carbocycles. The summed E-state index contributed by atoms with van der Waals surface area (Å²) < 4.78 is 18.5. The van der Waals surface area contributed by atoms with E-state index in [0.717, 1.165) is 26.5 Å². The molecule has 3 nitrogen and oxygen atoms in total. The summed E-state index contributed by atoms with van der Waals surface area (Å²) in [5.74, 6) is 0.681. The number of ether oxygens (including phenoxy) is 1. The first-order chi connectivity index (χ1) is 10.3. The molecule has 108 valence electrons. The number of benzene rings is 2. The van der Waals surface area contributed by atoms with Gasteiger partial charge in [0.2, 0.25) is 0 Å². The van der Waals surface area contributed by atoms with Crippen molar-refractivity contribution in [1.29, 1.82) is 0 Å². The zero-order chi connectivity index (χ0) is 14.7. The number of anilines is 1. The van der Waals surface area contributed by atoms with Crippen molar-refractivity contribution < 1.29 is 9.13 Å². The molecule has 1 aromatic heterocycles. The Bertz CT molecular complexity index is 740. The number of nitrogens with zero attached hydrogens (tertiary/aromatic N) is 1. The molecule has 0 amide bonds. The lowest BCUT2D eigenvalue weighted by atomic mass is 10.2. The number of nitrogens with one attached hydrogen (secondary N) is 1. The number of aromatic nitrogens is 1. The highest BCUT2D eigenvalue weighted by Crippen LogP contribution is 2.32. The van der Waals surface area contributed by atoms with E-state index in [9.17, 15) is 4.39 Å². The van der Waals surface area contributed by atoms with Gasteiger partial charge in [0.05, 0.1) is 10.2 Å². The van der Waals surface area contributed by atoms with Crippen molar-refractivity contribution in [3.05, 3.63) is 42.5 Å². The van der Waals surface area contributed by atoms with E-state index >= 15 is 0 Å². The van der Waals surface area contributed by atoms with E-state index in [0.29, 0.717) is 5.75 Å². The SMILES string of the molecule is CNc1ccc(-c2nc3ccc(OCC[18F])cc3s2)cc1. The lowest BCUT2D eigenvalue weighted by Gasteiger charge is -2.01. The van der Waals surface area contributed by atoms with Gasteiger partial charge in [0.15, 0.2) is 0 Å². The molecular weight excluding hydrogens is 286 g/mol. The second-order valence-corrected chi connectivity index (χ2v) is 5.54. The van der Waals surface area contributed by atoms with Crippen LogP contribution in [-0.2, 0) is 0 Å². The van der Waals surface area contributed by atoms with Gasteiger partial charge >= 0.3 is 0 Å². The minimum Gasteiger partial charge on any atom is -0.491 e. The van der Waals surface area contributed by atoms with Crippen molar-refractivity contribution in [3.8, 4) is 16.3 Å². The fourth-order valence-corrected chi connectivity index (χ4v) is 3.05. The summed E-state index contributed by atoms with van der Waals surface area (Å²) in [6, 6.07) is 13.8. The van der Waals surface area contributed by atoms with Crippen LogP contribution in [0.3, 0.4) is 0 Å². The minimum absolute atomic E-state index is 0.0860. The van der Waals surface area contributed by atoms with Crippen LogP contribution in [0.15, 0.2) is 42.5 Å². The first kappa shape index (κ1) is 13.8. The molecule has 3 aromatic rings. The van der Waals surface area contributed by atoms with E-state index in [-0.39, 0.29) is 6.61 Å². The predicted octanol–water partition coefficient (Wildman–Crippen LogP) is 4.35. The van der Waals surface area contributed by atoms with Crippen molar-refractivity contribution in [1.82, 2.24) is 4.98 Å². The minimum atomic E-state index is -0.482. The molecule has 0 aliphatic heterocycles. The van der Waals surface area contributed by atoms with Gasteiger partial charge in [-0.3, -0.25) is 0 Å². The first-order valence-electron chi connectivity index (χ1n) is 6.67. The van der Waals surface area contributed by atoms with Gasteiger partial charge in [-0.1, -0.05) is 0 Å². The molecule has 0 fully saturated rings. The molecule has 0 saturated heterocycles. The van der Waals surface area contributed by atoms with Gasteiger partial charge in [0.25, 0.3) is 0 Å². The normalized spacial score (nSPS) is 10.8. The second-order valence-electron chi connectivity index (χ2n) is 4.51. The van der Waals surface area contributed by atoms with Gasteiger partial charge in [-0.25, -0.2) is 9.37 Å². The van der Waals surface area contributed by atoms with Gasteiger partial charge in [-0.05, 0) is 42.5 Å². The highest BCUT2D eigenvalue weighted by molar-refractivity contribution is 7.21. The Labute approximate surface area is 126 Å². The Morgan fingerprint density at radius 3 is 2.71 bits per heavy atom. The number of alkyl halides is 1. The van der Waals surface area contributed by atoms with Crippen molar-refractivity contribution in [3.63, 3.8) is 0 Å². The molecule has 21 heavy (non-hydrogen) atoms. The van der Waals surface area contributed by atoms with Crippen LogP contribution in [0.25, 0.3) is 20.8 Å². The Kier molecular flexibility index (Phi) is 4.01. The van der Waals surface area contributed by atoms with Crippen LogP contribution < -0.4 is 10.1 Å². The van der Waals surface area contributed by atoms with E-state index in [1.54, 1.807) is 11.3 Å². The van der Waals surface area contributed by atoms with Crippen molar-refractivity contribution in [2.45, 2.75) is 0 Å². The van der Waals surface area contributed by atoms with Gasteiger partial charge in [-0.2, -0.15) is 0 Å². The largest absolute Gasteiger partial charge is 0.491 e. The summed E-state index contributed by atoms with van der Waals surface area (Å²) in [7, 11) is 1.89. The number of thiazole rings is 1. The molecule has 0 aliphatic carbocycles. The molecule has 0 aliphatic rings. The van der Waals surface area contributed by atoms with Crippen LogP contribution in [0.1, 0.15) is 0 Å². The first-order valence-corrected chi connectivity index (χ1v) is 7.49. The summed E-state index contributed by atoms with van der Waals surface area (Å²) in [6.45, 7) is -0.396. The Hall–Kier alpha value is -2.14. The summed E-state index contributed by atoms with van der Waals surface area (Å²) in [6.07, 6.45) is 0. The maximum atomic E-state index is 12.1. The van der Waals surface area contributed by atoms with E-state index < -0.39 is 6.67 Å². The number of rotatable bonds is 5.